The molecule has 0 saturated carbocycles. The minimum atomic E-state index is 0. The van der Waals surface area contributed by atoms with Gasteiger partial charge < -0.3 is 0 Å². The molecule has 0 aromatic carbocycles. The van der Waals surface area contributed by atoms with E-state index in [1.165, 1.54) is 0 Å². The van der Waals surface area contributed by atoms with Crippen molar-refractivity contribution in [2.24, 2.45) is 0 Å². The molecule has 0 aromatic rings. The van der Waals surface area contributed by atoms with Crippen molar-refractivity contribution in [3.63, 3.8) is 0 Å². The smallest absolute Gasteiger partial charge is 0 e. The fraction of sp³-hybridized carbons (Fsp3) is 0. The maximum atomic E-state index is 3.00. The Bertz CT molecular complexity index is 16.8. The van der Waals surface area contributed by atoms with Gasteiger partial charge in [0.15, 0.2) is 0 Å². The summed E-state index contributed by atoms with van der Waals surface area (Å²) in [7, 11) is 0. The SMILES string of the molecule is C=C.C=C.C=C.[Na].[Na].[Na].[Na].[Na].[Na]. The second-order valence-corrected chi connectivity index (χ2v) is 0. The second kappa shape index (κ2) is 138. The van der Waals surface area contributed by atoms with E-state index in [-0.39, 0.29) is 177 Å². The molecule has 0 amide bonds. The molecular formula is C6H12Na6. The Morgan fingerprint density at radius 3 is 0.250 bits per heavy atom. The van der Waals surface area contributed by atoms with Gasteiger partial charge >= 0.3 is 0 Å². The standard InChI is InChI=1S/3C2H4.6Na/c3*1-2;;;;;;/h3*1-2H2;;;;;;. The van der Waals surface area contributed by atoms with Crippen LogP contribution in [-0.2, 0) is 0 Å². The van der Waals surface area contributed by atoms with E-state index in [1.54, 1.807) is 0 Å². The molecule has 42 valence electrons. The van der Waals surface area contributed by atoms with Gasteiger partial charge in [-0.3, -0.25) is 0 Å². The largest absolute Gasteiger partial charge is 0.106 e. The van der Waals surface area contributed by atoms with Crippen LogP contribution in [-0.4, -0.2) is 177 Å². The molecule has 0 aromatic heterocycles. The van der Waals surface area contributed by atoms with Crippen LogP contribution in [0.15, 0.2) is 39.5 Å². The first kappa shape index (κ1) is 67.0. The van der Waals surface area contributed by atoms with Crippen molar-refractivity contribution in [1.29, 1.82) is 0 Å². The van der Waals surface area contributed by atoms with Crippen LogP contribution >= 0.6 is 0 Å². The number of hydrogen-bond acceptors (Lipinski definition) is 0. The van der Waals surface area contributed by atoms with Crippen molar-refractivity contribution in [3.8, 4) is 0 Å². The van der Waals surface area contributed by atoms with Crippen molar-refractivity contribution in [2.45, 2.75) is 0 Å². The van der Waals surface area contributed by atoms with Crippen LogP contribution in [0.3, 0.4) is 0 Å². The van der Waals surface area contributed by atoms with Gasteiger partial charge in [0.1, 0.15) is 0 Å². The number of hydrogen-bond donors (Lipinski definition) is 0. The molecule has 0 fully saturated rings. The molecule has 0 aliphatic rings. The van der Waals surface area contributed by atoms with Crippen molar-refractivity contribution >= 4 is 177 Å². The molecule has 0 saturated heterocycles. The Balaban J connectivity index is -0.00000000129. The maximum Gasteiger partial charge on any atom is 0 e. The molecule has 12 heavy (non-hydrogen) atoms. The Hall–Kier alpha value is 5.22. The van der Waals surface area contributed by atoms with Crippen molar-refractivity contribution in [3.05, 3.63) is 39.5 Å². The summed E-state index contributed by atoms with van der Waals surface area (Å²) in [6.45, 7) is 18.0. The fourth-order valence-corrected chi connectivity index (χ4v) is 0. The molecular weight excluding hydrogens is 210 g/mol. The predicted molar refractivity (Wildman–Crippen MR) is 68.3 cm³/mol. The summed E-state index contributed by atoms with van der Waals surface area (Å²) >= 11 is 0. The van der Waals surface area contributed by atoms with E-state index in [4.69, 9.17) is 0 Å². The monoisotopic (exact) mass is 222 g/mol. The second-order valence-electron chi connectivity index (χ2n) is 0. The first-order valence-corrected chi connectivity index (χ1v) is 1.50. The average Bonchev–Trinajstić information content (AvgIpc) is 1.81. The van der Waals surface area contributed by atoms with E-state index in [0.717, 1.165) is 0 Å². The average molecular weight is 222 g/mol. The molecule has 0 aliphatic carbocycles. The van der Waals surface area contributed by atoms with Gasteiger partial charge in [-0.25, -0.2) is 0 Å². The van der Waals surface area contributed by atoms with Gasteiger partial charge in [0, 0.05) is 177 Å². The van der Waals surface area contributed by atoms with E-state index in [2.05, 4.69) is 39.5 Å². The van der Waals surface area contributed by atoms with Crippen LogP contribution in [0.5, 0.6) is 0 Å². The third kappa shape index (κ3) is 113. The molecule has 0 bridgehead atoms. The Kier molecular flexibility index (Phi) is 770. The van der Waals surface area contributed by atoms with Crippen LogP contribution < -0.4 is 0 Å². The van der Waals surface area contributed by atoms with Gasteiger partial charge in [-0.2, -0.15) is 0 Å². The van der Waals surface area contributed by atoms with Crippen molar-refractivity contribution < 1.29 is 0 Å². The molecule has 0 heterocycles. The zero-order chi connectivity index (χ0) is 6.00. The Morgan fingerprint density at radius 2 is 0.250 bits per heavy atom. The van der Waals surface area contributed by atoms with Gasteiger partial charge in [-0.05, 0) is 0 Å². The topological polar surface area (TPSA) is 0 Å². The molecule has 6 radical (unpaired) electrons. The van der Waals surface area contributed by atoms with Gasteiger partial charge in [-0.15, -0.1) is 39.5 Å². The molecule has 0 atom stereocenters. The van der Waals surface area contributed by atoms with Crippen LogP contribution in [0.4, 0.5) is 0 Å². The van der Waals surface area contributed by atoms with E-state index < -0.39 is 0 Å². The Morgan fingerprint density at radius 1 is 0.250 bits per heavy atom. The quantitative estimate of drug-likeness (QED) is 0.403. The molecule has 0 aliphatic heterocycles. The summed E-state index contributed by atoms with van der Waals surface area (Å²) in [6.07, 6.45) is 0. The third-order valence-corrected chi connectivity index (χ3v) is 0. The summed E-state index contributed by atoms with van der Waals surface area (Å²) in [5, 5.41) is 0. The molecule has 0 unspecified atom stereocenters. The zero-order valence-corrected chi connectivity index (χ0v) is 22.2. The van der Waals surface area contributed by atoms with Crippen molar-refractivity contribution in [2.75, 3.05) is 0 Å². The molecule has 0 rings (SSSR count). The van der Waals surface area contributed by atoms with Gasteiger partial charge in [0.25, 0.3) is 0 Å². The predicted octanol–water partition coefficient (Wildman–Crippen LogP) is 0.122. The van der Waals surface area contributed by atoms with Crippen LogP contribution in [0, 0.1) is 0 Å². The summed E-state index contributed by atoms with van der Waals surface area (Å²) in [4.78, 5) is 0. The van der Waals surface area contributed by atoms with E-state index >= 15 is 0 Å². The van der Waals surface area contributed by atoms with E-state index in [9.17, 15) is 0 Å². The summed E-state index contributed by atoms with van der Waals surface area (Å²) in [5.74, 6) is 0. The van der Waals surface area contributed by atoms with Crippen LogP contribution in [0.2, 0.25) is 0 Å². The van der Waals surface area contributed by atoms with E-state index in [0.29, 0.717) is 0 Å². The third-order valence-electron chi connectivity index (χ3n) is 0. The maximum absolute atomic E-state index is 3.00. The minimum absolute atomic E-state index is 0. The molecule has 0 N–H and O–H groups in total. The first-order valence-electron chi connectivity index (χ1n) is 1.50. The minimum Gasteiger partial charge on any atom is -0.106 e. The van der Waals surface area contributed by atoms with Gasteiger partial charge in [0.05, 0.1) is 0 Å². The molecule has 0 spiro atoms. The first-order chi connectivity index (χ1) is 3.00. The Labute approximate surface area is 211 Å². The normalized spacial score (nSPS) is 1.00. The van der Waals surface area contributed by atoms with Crippen LogP contribution in [0.1, 0.15) is 0 Å². The zero-order valence-electron chi connectivity index (χ0n) is 10.2. The van der Waals surface area contributed by atoms with Crippen molar-refractivity contribution in [1.82, 2.24) is 0 Å². The summed E-state index contributed by atoms with van der Waals surface area (Å²) in [6, 6.07) is 0. The van der Waals surface area contributed by atoms with Crippen LogP contribution in [0.25, 0.3) is 0 Å². The van der Waals surface area contributed by atoms with E-state index in [1.807, 2.05) is 0 Å². The van der Waals surface area contributed by atoms with Gasteiger partial charge in [-0.1, -0.05) is 0 Å². The fourth-order valence-electron chi connectivity index (χ4n) is 0. The molecule has 6 heteroatoms. The summed E-state index contributed by atoms with van der Waals surface area (Å²) < 4.78 is 0. The molecule has 0 nitrogen and oxygen atoms in total. The van der Waals surface area contributed by atoms with Gasteiger partial charge in [0.2, 0.25) is 0 Å². The summed E-state index contributed by atoms with van der Waals surface area (Å²) in [5.41, 5.74) is 0. The number of rotatable bonds is 0.